The van der Waals surface area contributed by atoms with Crippen molar-refractivity contribution < 1.29 is 14.6 Å². The third kappa shape index (κ3) is 5.36. The number of hydrogen-bond donors (Lipinski definition) is 2. The smallest absolute Gasteiger partial charge is 0.325 e. The number of carbonyl (C=O) groups is 1. The van der Waals surface area contributed by atoms with Gasteiger partial charge in [-0.3, -0.25) is 14.7 Å². The molecule has 7 nitrogen and oxygen atoms in total. The van der Waals surface area contributed by atoms with Gasteiger partial charge in [0, 0.05) is 55.3 Å². The van der Waals surface area contributed by atoms with Crippen molar-refractivity contribution in [2.24, 2.45) is 0 Å². The summed E-state index contributed by atoms with van der Waals surface area (Å²) >= 11 is 0. The normalized spacial score (nSPS) is 21.4. The number of carboxylic acids is 1. The van der Waals surface area contributed by atoms with E-state index in [1.54, 1.807) is 6.20 Å². The Labute approximate surface area is 195 Å². The van der Waals surface area contributed by atoms with Crippen LogP contribution in [0.15, 0.2) is 30.5 Å². The molecule has 2 atom stereocenters. The number of pyridine rings is 2. The molecule has 0 bridgehead atoms. The Hall–Kier alpha value is -2.51. The summed E-state index contributed by atoms with van der Waals surface area (Å²) in [5.74, 6) is 0.697. The maximum absolute atomic E-state index is 12.2. The SMILES string of the molecule is O=C(O)C(c1cccnc1C1CC1)N1CCC(OCCCCc2ccc3c(n2)NCCC3)C1. The van der Waals surface area contributed by atoms with Gasteiger partial charge in [0.15, 0.2) is 0 Å². The number of rotatable bonds is 10. The predicted molar refractivity (Wildman–Crippen MR) is 127 cm³/mol. The molecule has 7 heteroatoms. The summed E-state index contributed by atoms with van der Waals surface area (Å²) in [5, 5.41) is 13.4. The highest BCUT2D eigenvalue weighted by Gasteiger charge is 2.38. The molecule has 0 aromatic carbocycles. The minimum Gasteiger partial charge on any atom is -0.480 e. The Morgan fingerprint density at radius 3 is 3.00 bits per heavy atom. The number of aryl methyl sites for hydroxylation is 2. The Balaban J connectivity index is 1.08. The quantitative estimate of drug-likeness (QED) is 0.530. The molecule has 2 fully saturated rings. The molecular formula is C26H34N4O3. The van der Waals surface area contributed by atoms with Crippen LogP contribution in [0.2, 0.25) is 0 Å². The van der Waals surface area contributed by atoms with Crippen LogP contribution in [0, 0.1) is 0 Å². The van der Waals surface area contributed by atoms with Crippen LogP contribution in [-0.4, -0.2) is 58.3 Å². The van der Waals surface area contributed by atoms with Crippen LogP contribution in [0.3, 0.4) is 0 Å². The molecule has 176 valence electrons. The zero-order valence-electron chi connectivity index (χ0n) is 19.2. The van der Waals surface area contributed by atoms with Crippen LogP contribution in [0.25, 0.3) is 0 Å². The van der Waals surface area contributed by atoms with Gasteiger partial charge in [-0.25, -0.2) is 4.98 Å². The van der Waals surface area contributed by atoms with Gasteiger partial charge in [-0.05, 0) is 69.1 Å². The van der Waals surface area contributed by atoms with Gasteiger partial charge in [-0.2, -0.15) is 0 Å². The Morgan fingerprint density at radius 2 is 2.15 bits per heavy atom. The van der Waals surface area contributed by atoms with Crippen LogP contribution < -0.4 is 5.32 Å². The molecule has 1 saturated heterocycles. The molecule has 33 heavy (non-hydrogen) atoms. The number of fused-ring (bicyclic) bond motifs is 1. The molecule has 0 radical (unpaired) electrons. The number of aromatic nitrogens is 2. The molecule has 2 aromatic rings. The van der Waals surface area contributed by atoms with E-state index in [1.165, 1.54) is 12.0 Å². The highest BCUT2D eigenvalue weighted by atomic mass is 16.5. The van der Waals surface area contributed by atoms with E-state index in [2.05, 4.69) is 27.3 Å². The maximum atomic E-state index is 12.2. The fourth-order valence-electron chi connectivity index (χ4n) is 5.14. The zero-order chi connectivity index (χ0) is 22.6. The molecule has 2 unspecified atom stereocenters. The third-order valence-electron chi connectivity index (χ3n) is 7.04. The lowest BCUT2D eigenvalue weighted by atomic mass is 10.0. The first kappa shape index (κ1) is 22.3. The number of nitrogens with zero attached hydrogens (tertiary/aromatic N) is 3. The summed E-state index contributed by atoms with van der Waals surface area (Å²) in [6.45, 7) is 3.13. The molecule has 0 spiro atoms. The molecule has 1 aliphatic carbocycles. The van der Waals surface area contributed by atoms with E-state index in [0.717, 1.165) is 80.8 Å². The van der Waals surface area contributed by atoms with Crippen LogP contribution in [0.1, 0.15) is 73.0 Å². The molecule has 1 saturated carbocycles. The van der Waals surface area contributed by atoms with Gasteiger partial charge < -0.3 is 15.2 Å². The molecule has 2 aromatic heterocycles. The Bertz CT molecular complexity index is 978. The van der Waals surface area contributed by atoms with Crippen molar-refractivity contribution in [3.63, 3.8) is 0 Å². The van der Waals surface area contributed by atoms with E-state index in [4.69, 9.17) is 9.72 Å². The van der Waals surface area contributed by atoms with Gasteiger partial charge in [-0.1, -0.05) is 12.1 Å². The van der Waals surface area contributed by atoms with Crippen molar-refractivity contribution in [1.82, 2.24) is 14.9 Å². The minimum absolute atomic E-state index is 0.0963. The van der Waals surface area contributed by atoms with E-state index < -0.39 is 12.0 Å². The van der Waals surface area contributed by atoms with Crippen molar-refractivity contribution in [1.29, 1.82) is 0 Å². The lowest BCUT2D eigenvalue weighted by Gasteiger charge is -2.26. The van der Waals surface area contributed by atoms with Crippen LogP contribution in [0.4, 0.5) is 5.82 Å². The standard InChI is InChI=1S/C26H34N4O3/c31-26(32)24(22-7-4-13-27-23(22)18-8-9-18)30-15-12-21(17-30)33-16-2-1-6-20-11-10-19-5-3-14-28-25(19)29-20/h4,7,10-11,13,18,21,24H,1-3,5-6,8-9,12,14-17H2,(H,28,29)(H,31,32). The summed E-state index contributed by atoms with van der Waals surface area (Å²) in [4.78, 5) is 23.5. The first-order chi connectivity index (χ1) is 16.2. The maximum Gasteiger partial charge on any atom is 0.325 e. The number of likely N-dealkylation sites (tertiary alicyclic amines) is 1. The van der Waals surface area contributed by atoms with Gasteiger partial charge in [0.05, 0.1) is 6.10 Å². The van der Waals surface area contributed by atoms with E-state index in [1.807, 2.05) is 12.1 Å². The first-order valence-electron chi connectivity index (χ1n) is 12.4. The van der Waals surface area contributed by atoms with Gasteiger partial charge in [0.2, 0.25) is 0 Å². The molecule has 5 rings (SSSR count). The fourth-order valence-corrected chi connectivity index (χ4v) is 5.14. The number of anilines is 1. The topological polar surface area (TPSA) is 87.6 Å². The summed E-state index contributed by atoms with van der Waals surface area (Å²) in [6.07, 6.45) is 10.3. The van der Waals surface area contributed by atoms with Crippen molar-refractivity contribution >= 4 is 11.8 Å². The van der Waals surface area contributed by atoms with Crippen molar-refractivity contribution in [2.75, 3.05) is 31.6 Å². The van der Waals surface area contributed by atoms with E-state index in [0.29, 0.717) is 19.1 Å². The van der Waals surface area contributed by atoms with Crippen molar-refractivity contribution in [3.8, 4) is 0 Å². The van der Waals surface area contributed by atoms with Gasteiger partial charge >= 0.3 is 5.97 Å². The van der Waals surface area contributed by atoms with Crippen LogP contribution in [-0.2, 0) is 22.4 Å². The van der Waals surface area contributed by atoms with Crippen molar-refractivity contribution in [2.45, 2.75) is 69.4 Å². The Kier molecular flexibility index (Phi) is 6.88. The number of unbranched alkanes of at least 4 members (excludes halogenated alkanes) is 1. The molecule has 0 amide bonds. The monoisotopic (exact) mass is 450 g/mol. The van der Waals surface area contributed by atoms with E-state index in [-0.39, 0.29) is 6.10 Å². The molecule has 2 aliphatic heterocycles. The van der Waals surface area contributed by atoms with E-state index in [9.17, 15) is 9.90 Å². The lowest BCUT2D eigenvalue weighted by molar-refractivity contribution is -0.143. The molecule has 2 N–H and O–H groups in total. The summed E-state index contributed by atoms with van der Waals surface area (Å²) in [5.41, 5.74) is 4.30. The number of ether oxygens (including phenoxy) is 1. The van der Waals surface area contributed by atoms with Crippen LogP contribution >= 0.6 is 0 Å². The van der Waals surface area contributed by atoms with Gasteiger partial charge in [-0.15, -0.1) is 0 Å². The van der Waals surface area contributed by atoms with Crippen molar-refractivity contribution in [3.05, 3.63) is 53.0 Å². The number of aliphatic carboxylic acids is 1. The largest absolute Gasteiger partial charge is 0.480 e. The van der Waals surface area contributed by atoms with Crippen LogP contribution in [0.5, 0.6) is 0 Å². The lowest BCUT2D eigenvalue weighted by Crippen LogP contribution is -2.34. The number of nitrogens with one attached hydrogen (secondary N) is 1. The number of hydrogen-bond acceptors (Lipinski definition) is 6. The highest BCUT2D eigenvalue weighted by Crippen LogP contribution is 2.43. The van der Waals surface area contributed by atoms with Gasteiger partial charge in [0.1, 0.15) is 11.9 Å². The highest BCUT2D eigenvalue weighted by molar-refractivity contribution is 5.76. The molecule has 4 heterocycles. The van der Waals surface area contributed by atoms with E-state index >= 15 is 0 Å². The minimum atomic E-state index is -0.794. The summed E-state index contributed by atoms with van der Waals surface area (Å²) < 4.78 is 6.13. The predicted octanol–water partition coefficient (Wildman–Crippen LogP) is 3.95. The summed E-state index contributed by atoms with van der Waals surface area (Å²) in [6, 6.07) is 7.53. The molecular weight excluding hydrogens is 416 g/mol. The Morgan fingerprint density at radius 1 is 1.24 bits per heavy atom. The fraction of sp³-hybridized carbons (Fsp3) is 0.577. The third-order valence-corrected chi connectivity index (χ3v) is 7.04. The average molecular weight is 451 g/mol. The summed E-state index contributed by atoms with van der Waals surface area (Å²) in [7, 11) is 0. The average Bonchev–Trinajstić information content (AvgIpc) is 3.58. The second-order valence-corrected chi connectivity index (χ2v) is 9.57. The van der Waals surface area contributed by atoms with Gasteiger partial charge in [0.25, 0.3) is 0 Å². The zero-order valence-corrected chi connectivity index (χ0v) is 19.2. The second kappa shape index (κ2) is 10.2. The number of carboxylic acid groups (broad SMARTS) is 1. The second-order valence-electron chi connectivity index (χ2n) is 9.57. The first-order valence-corrected chi connectivity index (χ1v) is 12.4. The molecule has 3 aliphatic rings.